The van der Waals surface area contributed by atoms with Crippen LogP contribution in [0.5, 0.6) is 5.75 Å². The van der Waals surface area contributed by atoms with E-state index < -0.39 is 0 Å². The van der Waals surface area contributed by atoms with Gasteiger partial charge in [-0.3, -0.25) is 5.10 Å². The van der Waals surface area contributed by atoms with E-state index in [1.165, 1.54) is 0 Å². The van der Waals surface area contributed by atoms with E-state index in [0.29, 0.717) is 23.5 Å². The van der Waals surface area contributed by atoms with Crippen molar-refractivity contribution in [1.29, 1.82) is 0 Å². The van der Waals surface area contributed by atoms with Crippen LogP contribution >= 0.6 is 0 Å². The maximum absolute atomic E-state index is 10.4. The van der Waals surface area contributed by atoms with Crippen molar-refractivity contribution in [3.05, 3.63) is 36.8 Å². The van der Waals surface area contributed by atoms with Crippen LogP contribution in [0.1, 0.15) is 13.8 Å². The Morgan fingerprint density at radius 1 is 1.08 bits per heavy atom. The van der Waals surface area contributed by atoms with Gasteiger partial charge in [0, 0.05) is 48.7 Å². The number of rotatable bonds is 3. The van der Waals surface area contributed by atoms with Crippen molar-refractivity contribution in [3.63, 3.8) is 0 Å². The molecule has 0 unspecified atom stereocenters. The highest BCUT2D eigenvalue weighted by Crippen LogP contribution is 2.30. The predicted molar refractivity (Wildman–Crippen MR) is 98.8 cm³/mol. The van der Waals surface area contributed by atoms with Crippen LogP contribution in [0, 0.1) is 0 Å². The molecule has 4 rings (SSSR count). The zero-order valence-electron chi connectivity index (χ0n) is 14.7. The van der Waals surface area contributed by atoms with E-state index >= 15 is 0 Å². The summed E-state index contributed by atoms with van der Waals surface area (Å²) in [6, 6.07) is 6.24. The van der Waals surface area contributed by atoms with E-state index in [0.717, 1.165) is 30.0 Å². The molecular formula is C18H21N7O. The van der Waals surface area contributed by atoms with E-state index in [2.05, 4.69) is 49.4 Å². The summed E-state index contributed by atoms with van der Waals surface area (Å²) in [6.07, 6.45) is 5.12. The third-order valence-electron chi connectivity index (χ3n) is 4.47. The van der Waals surface area contributed by atoms with Gasteiger partial charge in [0.25, 0.3) is 0 Å². The van der Waals surface area contributed by atoms with Crippen LogP contribution in [0.4, 0.5) is 5.82 Å². The van der Waals surface area contributed by atoms with Crippen molar-refractivity contribution in [1.82, 2.24) is 30.7 Å². The molecule has 8 heteroatoms. The number of pyridine rings is 1. The Kier molecular flexibility index (Phi) is 4.26. The van der Waals surface area contributed by atoms with Gasteiger partial charge in [0.1, 0.15) is 17.1 Å². The van der Waals surface area contributed by atoms with Gasteiger partial charge in [0.05, 0.1) is 6.20 Å². The molecule has 3 aromatic heterocycles. The molecule has 0 amide bonds. The van der Waals surface area contributed by atoms with Crippen molar-refractivity contribution < 1.29 is 5.11 Å². The number of nitrogens with one attached hydrogen (secondary N) is 2. The van der Waals surface area contributed by atoms with Crippen LogP contribution in [-0.2, 0) is 0 Å². The van der Waals surface area contributed by atoms with E-state index in [9.17, 15) is 5.11 Å². The molecule has 0 bridgehead atoms. The average molecular weight is 351 g/mol. The number of aromatic hydroxyl groups is 1. The predicted octanol–water partition coefficient (Wildman–Crippen LogP) is 1.82. The maximum Gasteiger partial charge on any atom is 0.151 e. The summed E-state index contributed by atoms with van der Waals surface area (Å²) >= 11 is 0. The van der Waals surface area contributed by atoms with Gasteiger partial charge in [-0.05, 0) is 32.0 Å². The third kappa shape index (κ3) is 3.23. The van der Waals surface area contributed by atoms with E-state index in [1.54, 1.807) is 24.7 Å². The first-order chi connectivity index (χ1) is 12.6. The minimum atomic E-state index is 0.0650. The number of aromatic amines is 1. The number of hydrogen-bond acceptors (Lipinski definition) is 7. The fourth-order valence-electron chi connectivity index (χ4n) is 3.35. The molecule has 1 aliphatic heterocycles. The van der Waals surface area contributed by atoms with Gasteiger partial charge >= 0.3 is 0 Å². The van der Waals surface area contributed by atoms with Crippen LogP contribution in [0.15, 0.2) is 36.8 Å². The molecule has 134 valence electrons. The molecule has 0 spiro atoms. The van der Waals surface area contributed by atoms with Gasteiger partial charge < -0.3 is 15.3 Å². The second-order valence-electron chi connectivity index (χ2n) is 6.73. The molecule has 1 aliphatic rings. The summed E-state index contributed by atoms with van der Waals surface area (Å²) in [5.41, 5.74) is 2.61. The van der Waals surface area contributed by atoms with E-state index in [-0.39, 0.29) is 5.75 Å². The maximum atomic E-state index is 10.4. The molecule has 26 heavy (non-hydrogen) atoms. The zero-order chi connectivity index (χ0) is 18.1. The SMILES string of the molecule is C[C@@H]1CN(c2ccc(-c3ncc(-c4cn[nH]c4)cc3O)nn2)C[C@H](C)N1. The lowest BCUT2D eigenvalue weighted by Crippen LogP contribution is -2.54. The normalized spacial score (nSPS) is 20.3. The Balaban J connectivity index is 1.57. The number of hydrogen-bond donors (Lipinski definition) is 3. The lowest BCUT2D eigenvalue weighted by atomic mass is 10.1. The summed E-state index contributed by atoms with van der Waals surface area (Å²) in [4.78, 5) is 6.57. The Bertz CT molecular complexity index is 869. The third-order valence-corrected chi connectivity index (χ3v) is 4.47. The monoisotopic (exact) mass is 351 g/mol. The second-order valence-corrected chi connectivity index (χ2v) is 6.73. The quantitative estimate of drug-likeness (QED) is 0.661. The van der Waals surface area contributed by atoms with Crippen LogP contribution in [0.3, 0.4) is 0 Å². The molecule has 3 N–H and O–H groups in total. The molecule has 3 aromatic rings. The van der Waals surface area contributed by atoms with Crippen LogP contribution in [0.25, 0.3) is 22.5 Å². The van der Waals surface area contributed by atoms with Gasteiger partial charge in [-0.25, -0.2) is 4.98 Å². The molecule has 0 saturated carbocycles. The summed E-state index contributed by atoms with van der Waals surface area (Å²) in [5, 5.41) is 29.1. The van der Waals surface area contributed by atoms with Gasteiger partial charge in [-0.15, -0.1) is 10.2 Å². The van der Waals surface area contributed by atoms with E-state index in [4.69, 9.17) is 0 Å². The molecule has 8 nitrogen and oxygen atoms in total. The van der Waals surface area contributed by atoms with Gasteiger partial charge in [-0.1, -0.05) is 0 Å². The largest absolute Gasteiger partial charge is 0.506 e. The fourth-order valence-corrected chi connectivity index (χ4v) is 3.35. The standard InChI is InChI=1S/C18H21N7O/c1-11-9-25(10-12(2)22-11)17-4-3-15(23-24-17)18-16(26)5-13(6-19-18)14-7-20-21-8-14/h3-8,11-12,22,26H,9-10H2,1-2H3,(H,20,21)/t11-,12+. The van der Waals surface area contributed by atoms with Gasteiger partial charge in [0.2, 0.25) is 0 Å². The topological polar surface area (TPSA) is 103 Å². The minimum absolute atomic E-state index is 0.0650. The molecule has 2 atom stereocenters. The molecular weight excluding hydrogens is 330 g/mol. The first kappa shape index (κ1) is 16.5. The van der Waals surface area contributed by atoms with Gasteiger partial charge in [0.15, 0.2) is 5.82 Å². The van der Waals surface area contributed by atoms with Crippen molar-refractivity contribution in [2.24, 2.45) is 0 Å². The first-order valence-corrected chi connectivity index (χ1v) is 8.63. The highest BCUT2D eigenvalue weighted by Gasteiger charge is 2.22. The second kappa shape index (κ2) is 6.72. The summed E-state index contributed by atoms with van der Waals surface area (Å²) in [5.74, 6) is 0.902. The van der Waals surface area contributed by atoms with Crippen LogP contribution in [0.2, 0.25) is 0 Å². The minimum Gasteiger partial charge on any atom is -0.506 e. The van der Waals surface area contributed by atoms with Crippen LogP contribution < -0.4 is 10.2 Å². The number of nitrogens with zero attached hydrogens (tertiary/aromatic N) is 5. The first-order valence-electron chi connectivity index (χ1n) is 8.63. The van der Waals surface area contributed by atoms with Crippen molar-refractivity contribution >= 4 is 5.82 Å². The number of aromatic nitrogens is 5. The lowest BCUT2D eigenvalue weighted by Gasteiger charge is -2.36. The summed E-state index contributed by atoms with van der Waals surface area (Å²) in [7, 11) is 0. The fraction of sp³-hybridized carbons (Fsp3) is 0.333. The van der Waals surface area contributed by atoms with Crippen molar-refractivity contribution in [3.8, 4) is 28.3 Å². The van der Waals surface area contributed by atoms with Crippen LogP contribution in [-0.4, -0.2) is 55.7 Å². The Morgan fingerprint density at radius 3 is 2.50 bits per heavy atom. The number of piperazine rings is 1. The molecule has 1 saturated heterocycles. The summed E-state index contributed by atoms with van der Waals surface area (Å²) < 4.78 is 0. The highest BCUT2D eigenvalue weighted by molar-refractivity contribution is 5.69. The molecule has 0 aromatic carbocycles. The summed E-state index contributed by atoms with van der Waals surface area (Å²) in [6.45, 7) is 6.10. The molecule has 4 heterocycles. The molecule has 0 aliphatic carbocycles. The lowest BCUT2D eigenvalue weighted by molar-refractivity contribution is 0.404. The average Bonchev–Trinajstić information content (AvgIpc) is 3.16. The van der Waals surface area contributed by atoms with Crippen molar-refractivity contribution in [2.75, 3.05) is 18.0 Å². The highest BCUT2D eigenvalue weighted by atomic mass is 16.3. The molecule has 1 fully saturated rings. The van der Waals surface area contributed by atoms with Crippen molar-refractivity contribution in [2.45, 2.75) is 25.9 Å². The number of H-pyrrole nitrogens is 1. The number of anilines is 1. The Hall–Kier alpha value is -3.00. The van der Waals surface area contributed by atoms with Gasteiger partial charge in [-0.2, -0.15) is 5.10 Å². The van der Waals surface area contributed by atoms with E-state index in [1.807, 2.05) is 12.1 Å². The smallest absolute Gasteiger partial charge is 0.151 e. The zero-order valence-corrected chi connectivity index (χ0v) is 14.7. The Labute approximate surface area is 151 Å². The molecule has 0 radical (unpaired) electrons. The Morgan fingerprint density at radius 2 is 1.88 bits per heavy atom.